The van der Waals surface area contributed by atoms with Crippen LogP contribution in [0.25, 0.3) is 0 Å². The number of rotatable bonds is 24. The molecule has 33 heavy (non-hydrogen) atoms. The molecule has 0 bridgehead atoms. The van der Waals surface area contributed by atoms with Crippen LogP contribution in [0, 0.1) is 0 Å². The van der Waals surface area contributed by atoms with Gasteiger partial charge in [-0.2, -0.15) is 0 Å². The standard InChI is InChI=1S/C31H62N2/c1-5-7-9-11-13-15-16-17-18-19-21-23-25-27-32-28-29-33(30(3)4)31(32)26-24-22-20-14-12-10-8-6-2/h28-31H,5-27H2,1-4H3. The van der Waals surface area contributed by atoms with E-state index in [9.17, 15) is 0 Å². The first-order chi connectivity index (χ1) is 16.2. The highest BCUT2D eigenvalue weighted by atomic mass is 15.4. The second-order valence-corrected chi connectivity index (χ2v) is 11.1. The van der Waals surface area contributed by atoms with E-state index in [4.69, 9.17) is 0 Å². The van der Waals surface area contributed by atoms with Crippen LogP contribution < -0.4 is 0 Å². The smallest absolute Gasteiger partial charge is 0.101 e. The van der Waals surface area contributed by atoms with E-state index in [0.717, 1.165) is 0 Å². The van der Waals surface area contributed by atoms with Crippen LogP contribution in [-0.2, 0) is 0 Å². The summed E-state index contributed by atoms with van der Waals surface area (Å²) < 4.78 is 0. The minimum Gasteiger partial charge on any atom is -0.356 e. The van der Waals surface area contributed by atoms with E-state index in [1.54, 1.807) is 0 Å². The molecule has 0 N–H and O–H groups in total. The summed E-state index contributed by atoms with van der Waals surface area (Å²) in [6.07, 6.45) is 36.8. The summed E-state index contributed by atoms with van der Waals surface area (Å²) in [5.74, 6) is 0. The minimum atomic E-state index is 0.608. The molecule has 1 rings (SSSR count). The van der Waals surface area contributed by atoms with E-state index < -0.39 is 0 Å². The van der Waals surface area contributed by atoms with E-state index in [2.05, 4.69) is 49.9 Å². The van der Waals surface area contributed by atoms with Crippen LogP contribution in [0.1, 0.15) is 169 Å². The van der Waals surface area contributed by atoms with Crippen molar-refractivity contribution in [3.63, 3.8) is 0 Å². The molecule has 2 nitrogen and oxygen atoms in total. The maximum Gasteiger partial charge on any atom is 0.101 e. The van der Waals surface area contributed by atoms with E-state index in [1.807, 2.05) is 0 Å². The summed E-state index contributed by atoms with van der Waals surface area (Å²) in [4.78, 5) is 5.25. The summed E-state index contributed by atoms with van der Waals surface area (Å²) in [5, 5.41) is 0. The van der Waals surface area contributed by atoms with Gasteiger partial charge in [0.1, 0.15) is 6.17 Å². The molecule has 1 atom stereocenters. The normalized spacial score (nSPS) is 16.0. The fourth-order valence-electron chi connectivity index (χ4n) is 5.36. The van der Waals surface area contributed by atoms with Crippen molar-refractivity contribution in [2.75, 3.05) is 6.54 Å². The average molecular weight is 463 g/mol. The average Bonchev–Trinajstić information content (AvgIpc) is 3.21. The lowest BCUT2D eigenvalue weighted by Crippen LogP contribution is -2.42. The first-order valence-corrected chi connectivity index (χ1v) is 15.4. The SMILES string of the molecule is CCCCCCCCCCCCCCCN1C=CN(C(C)C)C1CCCCCCCCCC. The fraction of sp³-hybridized carbons (Fsp3) is 0.935. The topological polar surface area (TPSA) is 6.48 Å². The number of hydrogen-bond donors (Lipinski definition) is 0. The Bertz CT molecular complexity index is 431. The molecule has 0 saturated carbocycles. The van der Waals surface area contributed by atoms with Crippen molar-refractivity contribution in [3.8, 4) is 0 Å². The second-order valence-electron chi connectivity index (χ2n) is 11.1. The monoisotopic (exact) mass is 462 g/mol. The molecule has 1 aliphatic rings. The highest BCUT2D eigenvalue weighted by molar-refractivity contribution is 4.98. The number of nitrogens with zero attached hydrogens (tertiary/aromatic N) is 2. The Morgan fingerprint density at radius 1 is 0.515 bits per heavy atom. The lowest BCUT2D eigenvalue weighted by atomic mass is 10.0. The Morgan fingerprint density at radius 3 is 1.33 bits per heavy atom. The van der Waals surface area contributed by atoms with E-state index >= 15 is 0 Å². The van der Waals surface area contributed by atoms with E-state index in [0.29, 0.717) is 12.2 Å². The Hall–Kier alpha value is -0.660. The molecule has 0 spiro atoms. The molecule has 2 heteroatoms. The van der Waals surface area contributed by atoms with Crippen molar-refractivity contribution < 1.29 is 0 Å². The van der Waals surface area contributed by atoms with Gasteiger partial charge in [-0.1, -0.05) is 136 Å². The Morgan fingerprint density at radius 2 is 0.909 bits per heavy atom. The summed E-state index contributed by atoms with van der Waals surface area (Å²) in [5.41, 5.74) is 0. The molecule has 0 saturated heterocycles. The van der Waals surface area contributed by atoms with E-state index in [-0.39, 0.29) is 0 Å². The summed E-state index contributed by atoms with van der Waals surface area (Å²) >= 11 is 0. The lowest BCUT2D eigenvalue weighted by molar-refractivity contribution is 0.114. The van der Waals surface area contributed by atoms with Crippen molar-refractivity contribution in [2.24, 2.45) is 0 Å². The van der Waals surface area contributed by atoms with Crippen LogP contribution in [0.15, 0.2) is 12.4 Å². The third-order valence-corrected chi connectivity index (χ3v) is 7.59. The van der Waals surface area contributed by atoms with Crippen LogP contribution in [0.3, 0.4) is 0 Å². The van der Waals surface area contributed by atoms with Crippen molar-refractivity contribution in [1.29, 1.82) is 0 Å². The van der Waals surface area contributed by atoms with E-state index in [1.165, 1.54) is 148 Å². The molecule has 0 fully saturated rings. The zero-order valence-corrected chi connectivity index (χ0v) is 23.5. The van der Waals surface area contributed by atoms with Crippen LogP contribution in [0.5, 0.6) is 0 Å². The summed E-state index contributed by atoms with van der Waals surface area (Å²) in [6.45, 7) is 10.6. The quantitative estimate of drug-likeness (QED) is 0.132. The zero-order chi connectivity index (χ0) is 24.0. The Balaban J connectivity index is 2.06. The van der Waals surface area contributed by atoms with Crippen molar-refractivity contribution in [1.82, 2.24) is 9.80 Å². The van der Waals surface area contributed by atoms with Gasteiger partial charge in [-0.25, -0.2) is 0 Å². The van der Waals surface area contributed by atoms with Crippen molar-refractivity contribution in [3.05, 3.63) is 12.4 Å². The fourth-order valence-corrected chi connectivity index (χ4v) is 5.36. The van der Waals surface area contributed by atoms with Crippen LogP contribution in [0.4, 0.5) is 0 Å². The molecule has 1 heterocycles. The predicted molar refractivity (Wildman–Crippen MR) is 150 cm³/mol. The zero-order valence-electron chi connectivity index (χ0n) is 23.5. The molecule has 0 aromatic heterocycles. The maximum atomic E-state index is 2.65. The Labute approximate surface area is 210 Å². The van der Waals surface area contributed by atoms with Crippen molar-refractivity contribution >= 4 is 0 Å². The molecule has 0 aromatic carbocycles. The summed E-state index contributed by atoms with van der Waals surface area (Å²) in [6, 6.07) is 0.608. The van der Waals surface area contributed by atoms with Gasteiger partial charge in [0.25, 0.3) is 0 Å². The molecule has 1 aliphatic heterocycles. The van der Waals surface area contributed by atoms with Gasteiger partial charge in [0.15, 0.2) is 0 Å². The van der Waals surface area contributed by atoms with Crippen LogP contribution in [0.2, 0.25) is 0 Å². The minimum absolute atomic E-state index is 0.608. The molecule has 0 aromatic rings. The predicted octanol–water partition coefficient (Wildman–Crippen LogP) is 10.4. The van der Waals surface area contributed by atoms with Gasteiger partial charge in [0, 0.05) is 25.0 Å². The summed E-state index contributed by atoms with van der Waals surface area (Å²) in [7, 11) is 0. The third kappa shape index (κ3) is 15.8. The van der Waals surface area contributed by atoms with Gasteiger partial charge in [-0.05, 0) is 33.1 Å². The molecule has 0 amide bonds. The number of unbranched alkanes of at least 4 members (excludes halogenated alkanes) is 19. The highest BCUT2D eigenvalue weighted by Gasteiger charge is 2.26. The molecule has 0 radical (unpaired) electrons. The molecule has 196 valence electrons. The van der Waals surface area contributed by atoms with Crippen molar-refractivity contribution in [2.45, 2.75) is 181 Å². The molecule has 0 aliphatic carbocycles. The first-order valence-electron chi connectivity index (χ1n) is 15.4. The van der Waals surface area contributed by atoms with Crippen LogP contribution >= 0.6 is 0 Å². The van der Waals surface area contributed by atoms with Gasteiger partial charge in [0.2, 0.25) is 0 Å². The van der Waals surface area contributed by atoms with Gasteiger partial charge in [-0.3, -0.25) is 0 Å². The van der Waals surface area contributed by atoms with Gasteiger partial charge < -0.3 is 9.80 Å². The molecule has 1 unspecified atom stereocenters. The number of hydrogen-bond acceptors (Lipinski definition) is 2. The highest BCUT2D eigenvalue weighted by Crippen LogP contribution is 2.25. The molecular formula is C31H62N2. The van der Waals surface area contributed by atoms with Gasteiger partial charge in [-0.15, -0.1) is 0 Å². The van der Waals surface area contributed by atoms with Crippen LogP contribution in [-0.4, -0.2) is 28.6 Å². The second kappa shape index (κ2) is 21.8. The largest absolute Gasteiger partial charge is 0.356 e. The van der Waals surface area contributed by atoms with Gasteiger partial charge in [0.05, 0.1) is 0 Å². The third-order valence-electron chi connectivity index (χ3n) is 7.59. The molecular weight excluding hydrogens is 400 g/mol. The first kappa shape index (κ1) is 30.4. The maximum absolute atomic E-state index is 2.65. The Kier molecular flexibility index (Phi) is 20.1. The lowest BCUT2D eigenvalue weighted by Gasteiger charge is -2.35. The van der Waals surface area contributed by atoms with Gasteiger partial charge >= 0.3 is 0 Å².